The maximum absolute atomic E-state index is 13.4. The van der Waals surface area contributed by atoms with Crippen molar-refractivity contribution in [3.63, 3.8) is 0 Å². The van der Waals surface area contributed by atoms with Crippen LogP contribution in [0.1, 0.15) is 17.3 Å². The minimum absolute atomic E-state index is 0.00170. The number of nitrogens with zero attached hydrogens (tertiary/aromatic N) is 2. The molecule has 2 aromatic rings. The van der Waals surface area contributed by atoms with Crippen LogP contribution in [0.5, 0.6) is 0 Å². The third-order valence-electron chi connectivity index (χ3n) is 2.56. The van der Waals surface area contributed by atoms with E-state index < -0.39 is 24.5 Å². The standard InChI is InChI=1S/C12H10F4N2O2/c13-8-4-2-1-3-7(8)5-10-17-11(20-18-10)6-9(19)12(14,15)16/h1-4,9,19H,5-6H2. The SMILES string of the molecule is OC(Cc1nc(Cc2ccccc2F)no1)C(F)(F)F. The van der Waals surface area contributed by atoms with Crippen LogP contribution in [0.3, 0.4) is 0 Å². The number of alkyl halides is 3. The van der Waals surface area contributed by atoms with Gasteiger partial charge < -0.3 is 9.63 Å². The molecule has 0 spiro atoms. The third kappa shape index (κ3) is 3.53. The molecule has 4 nitrogen and oxygen atoms in total. The zero-order valence-electron chi connectivity index (χ0n) is 10.1. The number of aromatic nitrogens is 2. The quantitative estimate of drug-likeness (QED) is 0.878. The molecule has 1 aromatic carbocycles. The van der Waals surface area contributed by atoms with Gasteiger partial charge in [0.1, 0.15) is 5.82 Å². The van der Waals surface area contributed by atoms with Crippen LogP contribution in [0.2, 0.25) is 0 Å². The van der Waals surface area contributed by atoms with Crippen LogP contribution in [0, 0.1) is 5.82 Å². The van der Waals surface area contributed by atoms with E-state index in [1.54, 1.807) is 6.07 Å². The van der Waals surface area contributed by atoms with E-state index in [1.165, 1.54) is 18.2 Å². The molecular weight excluding hydrogens is 280 g/mol. The second kappa shape index (κ2) is 5.58. The molecule has 0 radical (unpaired) electrons. The highest BCUT2D eigenvalue weighted by Crippen LogP contribution is 2.22. The van der Waals surface area contributed by atoms with Gasteiger partial charge in [-0.3, -0.25) is 0 Å². The Morgan fingerprint density at radius 2 is 1.95 bits per heavy atom. The Balaban J connectivity index is 2.05. The molecule has 1 atom stereocenters. The number of benzene rings is 1. The van der Waals surface area contributed by atoms with Crippen LogP contribution in [-0.2, 0) is 12.8 Å². The molecule has 1 unspecified atom stereocenters. The molecule has 0 bridgehead atoms. The summed E-state index contributed by atoms with van der Waals surface area (Å²) in [6.45, 7) is 0. The molecule has 20 heavy (non-hydrogen) atoms. The number of rotatable bonds is 4. The molecular formula is C12H10F4N2O2. The molecule has 2 rings (SSSR count). The summed E-state index contributed by atoms with van der Waals surface area (Å²) in [4.78, 5) is 3.70. The summed E-state index contributed by atoms with van der Waals surface area (Å²) in [5, 5.41) is 12.3. The van der Waals surface area contributed by atoms with E-state index >= 15 is 0 Å². The molecule has 1 heterocycles. The lowest BCUT2D eigenvalue weighted by Crippen LogP contribution is -2.30. The largest absolute Gasteiger partial charge is 0.414 e. The van der Waals surface area contributed by atoms with Gasteiger partial charge in [0, 0.05) is 6.42 Å². The average molecular weight is 290 g/mol. The summed E-state index contributed by atoms with van der Waals surface area (Å²) in [6, 6.07) is 5.90. The van der Waals surface area contributed by atoms with Crippen molar-refractivity contribution in [2.75, 3.05) is 0 Å². The second-order valence-corrected chi connectivity index (χ2v) is 4.13. The van der Waals surface area contributed by atoms with Gasteiger partial charge in [0.15, 0.2) is 11.9 Å². The average Bonchev–Trinajstić information content (AvgIpc) is 2.78. The van der Waals surface area contributed by atoms with E-state index in [0.717, 1.165) is 0 Å². The highest BCUT2D eigenvalue weighted by atomic mass is 19.4. The summed E-state index contributed by atoms with van der Waals surface area (Å²) < 4.78 is 54.4. The van der Waals surface area contributed by atoms with Gasteiger partial charge >= 0.3 is 6.18 Å². The van der Waals surface area contributed by atoms with Crippen LogP contribution in [0.4, 0.5) is 17.6 Å². The van der Waals surface area contributed by atoms with Gasteiger partial charge in [0.25, 0.3) is 0 Å². The lowest BCUT2D eigenvalue weighted by Gasteiger charge is -2.11. The van der Waals surface area contributed by atoms with Gasteiger partial charge in [0.05, 0.1) is 6.42 Å². The first-order chi connectivity index (χ1) is 9.36. The second-order valence-electron chi connectivity index (χ2n) is 4.13. The Morgan fingerprint density at radius 1 is 1.25 bits per heavy atom. The molecule has 0 aliphatic heterocycles. The fraction of sp³-hybridized carbons (Fsp3) is 0.333. The summed E-state index contributed by atoms with van der Waals surface area (Å²) >= 11 is 0. The maximum Gasteiger partial charge on any atom is 0.414 e. The highest BCUT2D eigenvalue weighted by molar-refractivity contribution is 5.20. The predicted molar refractivity (Wildman–Crippen MR) is 59.3 cm³/mol. The summed E-state index contributed by atoms with van der Waals surface area (Å²) in [5.74, 6) is -0.755. The number of halogens is 4. The minimum Gasteiger partial charge on any atom is -0.383 e. The van der Waals surface area contributed by atoms with Crippen LogP contribution in [0.25, 0.3) is 0 Å². The number of hydrogen-bond acceptors (Lipinski definition) is 4. The first-order valence-electron chi connectivity index (χ1n) is 5.66. The van der Waals surface area contributed by atoms with E-state index in [2.05, 4.69) is 14.7 Å². The van der Waals surface area contributed by atoms with Gasteiger partial charge in [-0.1, -0.05) is 23.4 Å². The van der Waals surface area contributed by atoms with Crippen LogP contribution >= 0.6 is 0 Å². The van der Waals surface area contributed by atoms with Gasteiger partial charge in [-0.2, -0.15) is 18.2 Å². The first kappa shape index (κ1) is 14.4. The van der Waals surface area contributed by atoms with E-state index in [9.17, 15) is 17.6 Å². The molecule has 0 saturated carbocycles. The van der Waals surface area contributed by atoms with E-state index in [1.807, 2.05) is 0 Å². The predicted octanol–water partition coefficient (Wildman–Crippen LogP) is 2.27. The maximum atomic E-state index is 13.4. The lowest BCUT2D eigenvalue weighted by atomic mass is 10.1. The summed E-state index contributed by atoms with van der Waals surface area (Å²) in [5.41, 5.74) is 0.302. The Bertz CT molecular complexity index is 583. The van der Waals surface area contributed by atoms with E-state index in [4.69, 9.17) is 5.11 Å². The van der Waals surface area contributed by atoms with Crippen LogP contribution in [0.15, 0.2) is 28.8 Å². The molecule has 108 valence electrons. The van der Waals surface area contributed by atoms with Crippen LogP contribution < -0.4 is 0 Å². The van der Waals surface area contributed by atoms with Crippen LogP contribution in [-0.4, -0.2) is 27.5 Å². The summed E-state index contributed by atoms with van der Waals surface area (Å²) in [7, 11) is 0. The van der Waals surface area contributed by atoms with Crippen molar-refractivity contribution in [2.24, 2.45) is 0 Å². The molecule has 0 saturated heterocycles. The monoisotopic (exact) mass is 290 g/mol. The normalized spacial score (nSPS) is 13.4. The minimum atomic E-state index is -4.75. The molecule has 0 aliphatic rings. The molecule has 1 N–H and O–H groups in total. The van der Waals surface area contributed by atoms with Crippen molar-refractivity contribution >= 4 is 0 Å². The van der Waals surface area contributed by atoms with Crippen molar-refractivity contribution in [1.82, 2.24) is 10.1 Å². The van der Waals surface area contributed by atoms with E-state index in [-0.39, 0.29) is 18.1 Å². The van der Waals surface area contributed by atoms with Gasteiger partial charge in [0.2, 0.25) is 5.89 Å². The highest BCUT2D eigenvalue weighted by Gasteiger charge is 2.39. The molecule has 0 aliphatic carbocycles. The molecule has 1 aromatic heterocycles. The molecule has 0 amide bonds. The van der Waals surface area contributed by atoms with Gasteiger partial charge in [-0.15, -0.1) is 0 Å². The summed E-state index contributed by atoms with van der Waals surface area (Å²) in [6.07, 6.45) is -8.14. The third-order valence-corrected chi connectivity index (χ3v) is 2.56. The van der Waals surface area contributed by atoms with Crippen molar-refractivity contribution in [1.29, 1.82) is 0 Å². The first-order valence-corrected chi connectivity index (χ1v) is 5.66. The van der Waals surface area contributed by atoms with Gasteiger partial charge in [-0.05, 0) is 11.6 Å². The van der Waals surface area contributed by atoms with E-state index in [0.29, 0.717) is 5.56 Å². The zero-order valence-corrected chi connectivity index (χ0v) is 10.1. The topological polar surface area (TPSA) is 59.2 Å². The fourth-order valence-electron chi connectivity index (χ4n) is 1.54. The lowest BCUT2D eigenvalue weighted by molar-refractivity contribution is -0.204. The number of aliphatic hydroxyl groups excluding tert-OH is 1. The fourth-order valence-corrected chi connectivity index (χ4v) is 1.54. The Morgan fingerprint density at radius 3 is 2.60 bits per heavy atom. The Kier molecular flexibility index (Phi) is 4.03. The molecule has 0 fully saturated rings. The van der Waals surface area contributed by atoms with Gasteiger partial charge in [-0.25, -0.2) is 4.39 Å². The van der Waals surface area contributed by atoms with Crippen molar-refractivity contribution in [2.45, 2.75) is 25.1 Å². The number of hydrogen-bond donors (Lipinski definition) is 1. The zero-order chi connectivity index (χ0) is 14.8. The smallest absolute Gasteiger partial charge is 0.383 e. The van der Waals surface area contributed by atoms with Crippen molar-refractivity contribution < 1.29 is 27.2 Å². The Hall–Kier alpha value is -1.96. The van der Waals surface area contributed by atoms with Crippen molar-refractivity contribution in [3.05, 3.63) is 47.4 Å². The Labute approximate surface area is 111 Å². The van der Waals surface area contributed by atoms with Crippen molar-refractivity contribution in [3.8, 4) is 0 Å². The number of aliphatic hydroxyl groups is 1. The molecule has 8 heteroatoms.